The van der Waals surface area contributed by atoms with Gasteiger partial charge in [-0.05, 0) is 36.2 Å². The lowest BCUT2D eigenvalue weighted by Crippen LogP contribution is -2.27. The molecule has 2 aromatic heterocycles. The average molecular weight is 383 g/mol. The van der Waals surface area contributed by atoms with Gasteiger partial charge in [-0.25, -0.2) is 4.98 Å². The van der Waals surface area contributed by atoms with E-state index in [0.29, 0.717) is 18.9 Å². The van der Waals surface area contributed by atoms with Gasteiger partial charge in [0.05, 0.1) is 25.4 Å². The maximum absolute atomic E-state index is 12.1. The third kappa shape index (κ3) is 6.07. The van der Waals surface area contributed by atoms with Crippen LogP contribution in [0.2, 0.25) is 0 Å². The van der Waals surface area contributed by atoms with Crippen LogP contribution in [-0.2, 0) is 24.2 Å². The molecule has 0 unspecified atom stereocenters. The van der Waals surface area contributed by atoms with Crippen molar-refractivity contribution in [1.82, 2.24) is 15.3 Å². The Bertz CT molecular complexity index is 850. The van der Waals surface area contributed by atoms with E-state index in [2.05, 4.69) is 15.3 Å². The minimum atomic E-state index is -0.0338. The van der Waals surface area contributed by atoms with Crippen LogP contribution in [0.3, 0.4) is 0 Å². The number of rotatable bonds is 9. The highest BCUT2D eigenvalue weighted by Gasteiger charge is 2.08. The summed E-state index contributed by atoms with van der Waals surface area (Å²) in [7, 11) is 1.64. The number of carbonyl (C=O) groups excluding carboxylic acids is 1. The second kappa shape index (κ2) is 9.68. The van der Waals surface area contributed by atoms with Crippen molar-refractivity contribution >= 4 is 17.2 Å². The number of benzene rings is 1. The molecule has 0 bridgehead atoms. The zero-order valence-electron chi connectivity index (χ0n) is 15.1. The Morgan fingerprint density at radius 3 is 2.78 bits per heavy atom. The second-order valence-electron chi connectivity index (χ2n) is 5.83. The largest absolute Gasteiger partial charge is 0.497 e. The highest BCUT2D eigenvalue weighted by molar-refractivity contribution is 7.09. The molecular weight excluding hydrogens is 362 g/mol. The van der Waals surface area contributed by atoms with Crippen LogP contribution < -0.4 is 14.8 Å². The maximum atomic E-state index is 12.1. The van der Waals surface area contributed by atoms with Gasteiger partial charge < -0.3 is 14.8 Å². The third-order valence-corrected chi connectivity index (χ3v) is 4.70. The van der Waals surface area contributed by atoms with Crippen LogP contribution in [0, 0.1) is 0 Å². The summed E-state index contributed by atoms with van der Waals surface area (Å²) in [5.74, 6) is 1.49. The molecule has 0 saturated heterocycles. The van der Waals surface area contributed by atoms with Crippen molar-refractivity contribution in [3.05, 3.63) is 70.4 Å². The second-order valence-corrected chi connectivity index (χ2v) is 6.78. The summed E-state index contributed by atoms with van der Waals surface area (Å²) < 4.78 is 10.8. The average Bonchev–Trinajstić information content (AvgIpc) is 3.15. The van der Waals surface area contributed by atoms with Crippen molar-refractivity contribution in [3.63, 3.8) is 0 Å². The molecule has 6 nitrogen and oxygen atoms in total. The van der Waals surface area contributed by atoms with E-state index in [1.54, 1.807) is 19.5 Å². The number of hydrogen-bond donors (Lipinski definition) is 1. The number of aromatic nitrogens is 2. The minimum Gasteiger partial charge on any atom is -0.497 e. The smallest absolute Gasteiger partial charge is 0.226 e. The molecule has 1 aromatic carbocycles. The van der Waals surface area contributed by atoms with Gasteiger partial charge in [0.2, 0.25) is 5.91 Å². The number of nitrogens with zero attached hydrogens (tertiary/aromatic N) is 2. The quantitative estimate of drug-likeness (QED) is 0.615. The maximum Gasteiger partial charge on any atom is 0.226 e. The predicted octanol–water partition coefficient (Wildman–Crippen LogP) is 3.03. The summed E-state index contributed by atoms with van der Waals surface area (Å²) in [6.45, 7) is 0.960. The first-order chi connectivity index (χ1) is 13.2. The Morgan fingerprint density at radius 2 is 2.04 bits per heavy atom. The highest BCUT2D eigenvalue weighted by atomic mass is 32.1. The SMILES string of the molecule is COc1ccc(CCNC(=O)Cc2csc(COc3cccnc3)n2)cc1. The van der Waals surface area contributed by atoms with Crippen LogP contribution in [0.15, 0.2) is 54.2 Å². The van der Waals surface area contributed by atoms with Gasteiger partial charge in [-0.2, -0.15) is 0 Å². The summed E-state index contributed by atoms with van der Waals surface area (Å²) in [4.78, 5) is 20.5. The number of hydrogen-bond acceptors (Lipinski definition) is 6. The zero-order chi connectivity index (χ0) is 18.9. The van der Waals surface area contributed by atoms with Crippen LogP contribution in [0.5, 0.6) is 11.5 Å². The molecule has 0 fully saturated rings. The first-order valence-electron chi connectivity index (χ1n) is 8.58. The molecule has 3 rings (SSSR count). The topological polar surface area (TPSA) is 73.3 Å². The Kier molecular flexibility index (Phi) is 6.76. The molecule has 0 atom stereocenters. The molecule has 0 radical (unpaired) electrons. The van der Waals surface area contributed by atoms with E-state index in [9.17, 15) is 4.79 Å². The van der Waals surface area contributed by atoms with Crippen LogP contribution in [0.1, 0.15) is 16.3 Å². The molecule has 3 aromatic rings. The summed E-state index contributed by atoms with van der Waals surface area (Å²) in [5, 5.41) is 5.66. The fraction of sp³-hybridized carbons (Fsp3) is 0.250. The van der Waals surface area contributed by atoms with Gasteiger partial charge >= 0.3 is 0 Å². The molecule has 0 spiro atoms. The van der Waals surface area contributed by atoms with Gasteiger partial charge in [-0.1, -0.05) is 12.1 Å². The standard InChI is InChI=1S/C20H21N3O3S/c1-25-17-6-4-15(5-7-17)8-10-22-19(24)11-16-14-27-20(23-16)13-26-18-3-2-9-21-12-18/h2-7,9,12,14H,8,10-11,13H2,1H3,(H,22,24). The van der Waals surface area contributed by atoms with E-state index in [1.807, 2.05) is 41.8 Å². The Hall–Kier alpha value is -2.93. The lowest BCUT2D eigenvalue weighted by molar-refractivity contribution is -0.120. The van der Waals surface area contributed by atoms with E-state index in [1.165, 1.54) is 11.3 Å². The van der Waals surface area contributed by atoms with Gasteiger partial charge in [-0.3, -0.25) is 9.78 Å². The van der Waals surface area contributed by atoms with E-state index < -0.39 is 0 Å². The lowest BCUT2D eigenvalue weighted by atomic mass is 10.1. The molecule has 140 valence electrons. The Labute approximate surface area is 162 Å². The summed E-state index contributed by atoms with van der Waals surface area (Å²) in [6.07, 6.45) is 4.40. The van der Waals surface area contributed by atoms with Gasteiger partial charge in [0, 0.05) is 18.1 Å². The van der Waals surface area contributed by atoms with Crippen molar-refractivity contribution < 1.29 is 14.3 Å². The molecular formula is C20H21N3O3S. The van der Waals surface area contributed by atoms with Crippen LogP contribution in [0.4, 0.5) is 0 Å². The molecule has 1 amide bonds. The van der Waals surface area contributed by atoms with E-state index in [0.717, 1.165) is 28.4 Å². The van der Waals surface area contributed by atoms with Crippen molar-refractivity contribution in [2.75, 3.05) is 13.7 Å². The number of carbonyl (C=O) groups is 1. The molecule has 0 aliphatic rings. The van der Waals surface area contributed by atoms with Crippen molar-refractivity contribution in [3.8, 4) is 11.5 Å². The Morgan fingerprint density at radius 1 is 1.19 bits per heavy atom. The molecule has 0 aliphatic heterocycles. The fourth-order valence-electron chi connectivity index (χ4n) is 2.44. The van der Waals surface area contributed by atoms with E-state index >= 15 is 0 Å². The lowest BCUT2D eigenvalue weighted by Gasteiger charge is -2.05. The fourth-order valence-corrected chi connectivity index (χ4v) is 3.14. The van der Waals surface area contributed by atoms with Crippen LogP contribution in [-0.4, -0.2) is 29.5 Å². The molecule has 1 N–H and O–H groups in total. The Balaban J connectivity index is 1.39. The molecule has 0 aliphatic carbocycles. The van der Waals surface area contributed by atoms with Crippen molar-refractivity contribution in [2.45, 2.75) is 19.4 Å². The van der Waals surface area contributed by atoms with E-state index in [-0.39, 0.29) is 12.3 Å². The zero-order valence-corrected chi connectivity index (χ0v) is 15.9. The van der Waals surface area contributed by atoms with Gasteiger partial charge in [0.1, 0.15) is 23.1 Å². The number of thiazole rings is 1. The number of nitrogens with one attached hydrogen (secondary N) is 1. The number of pyridine rings is 1. The first kappa shape index (κ1) is 18.8. The molecule has 7 heteroatoms. The van der Waals surface area contributed by atoms with Crippen molar-refractivity contribution in [1.29, 1.82) is 0 Å². The van der Waals surface area contributed by atoms with Gasteiger partial charge in [-0.15, -0.1) is 11.3 Å². The van der Waals surface area contributed by atoms with Gasteiger partial charge in [0.25, 0.3) is 0 Å². The van der Waals surface area contributed by atoms with Crippen LogP contribution in [0.25, 0.3) is 0 Å². The summed E-state index contributed by atoms with van der Waals surface area (Å²) >= 11 is 1.49. The normalized spacial score (nSPS) is 10.4. The van der Waals surface area contributed by atoms with Crippen molar-refractivity contribution in [2.24, 2.45) is 0 Å². The van der Waals surface area contributed by atoms with E-state index in [4.69, 9.17) is 9.47 Å². The number of ether oxygens (including phenoxy) is 2. The summed E-state index contributed by atoms with van der Waals surface area (Å²) in [6, 6.07) is 11.5. The van der Waals surface area contributed by atoms with Crippen LogP contribution >= 0.6 is 11.3 Å². The highest BCUT2D eigenvalue weighted by Crippen LogP contribution is 2.15. The third-order valence-electron chi connectivity index (χ3n) is 3.83. The molecule has 0 saturated carbocycles. The van der Waals surface area contributed by atoms with Gasteiger partial charge in [0.15, 0.2) is 0 Å². The summed E-state index contributed by atoms with van der Waals surface area (Å²) in [5.41, 5.74) is 1.91. The molecule has 2 heterocycles. The monoisotopic (exact) mass is 383 g/mol. The molecule has 27 heavy (non-hydrogen) atoms. The number of amides is 1. The predicted molar refractivity (Wildman–Crippen MR) is 104 cm³/mol. The first-order valence-corrected chi connectivity index (χ1v) is 9.46. The number of methoxy groups -OCH3 is 1. The minimum absolute atomic E-state index is 0.0338.